The van der Waals surface area contributed by atoms with E-state index in [0.717, 1.165) is 12.2 Å². The zero-order valence-corrected chi connectivity index (χ0v) is 16.2. The van der Waals surface area contributed by atoms with Crippen molar-refractivity contribution < 1.29 is 14.3 Å². The number of nitrogens with one attached hydrogen (secondary N) is 1. The van der Waals surface area contributed by atoms with Gasteiger partial charge in [0.25, 0.3) is 5.91 Å². The van der Waals surface area contributed by atoms with Crippen molar-refractivity contribution in [3.8, 4) is 17.2 Å². The molecule has 0 aromatic heterocycles. The Kier molecular flexibility index (Phi) is 6.68. The maximum Gasteiger partial charge on any atom is 0.255 e. The number of rotatable bonds is 8. The average Bonchev–Trinajstić information content (AvgIpc) is 2.70. The van der Waals surface area contributed by atoms with E-state index in [4.69, 9.17) is 9.47 Å². The molecule has 1 amide bonds. The highest BCUT2D eigenvalue weighted by molar-refractivity contribution is 6.04. The van der Waals surface area contributed by atoms with Crippen LogP contribution in [-0.2, 0) is 0 Å². The average molecular weight is 375 g/mol. The van der Waals surface area contributed by atoms with Crippen LogP contribution in [0.1, 0.15) is 30.6 Å². The molecule has 4 heteroatoms. The van der Waals surface area contributed by atoms with E-state index in [1.807, 2.05) is 66.7 Å². The number of para-hydroxylation sites is 1. The quantitative estimate of drug-likeness (QED) is 0.513. The molecular weight excluding hydrogens is 350 g/mol. The summed E-state index contributed by atoms with van der Waals surface area (Å²) in [5.74, 6) is 2.60. The predicted octanol–water partition coefficient (Wildman–Crippen LogP) is 6.16. The van der Waals surface area contributed by atoms with Crippen LogP contribution in [0.4, 0.5) is 5.69 Å². The van der Waals surface area contributed by atoms with Crippen LogP contribution in [-0.4, -0.2) is 12.5 Å². The van der Waals surface area contributed by atoms with E-state index in [2.05, 4.69) is 19.2 Å². The fraction of sp³-hybridized carbons (Fsp3) is 0.208. The van der Waals surface area contributed by atoms with Crippen molar-refractivity contribution in [2.24, 2.45) is 5.92 Å². The number of anilines is 1. The standard InChI is InChI=1S/C24H25NO3/c1-18(2)15-16-27-23-10-6-7-19(17-23)24(26)25-20-11-13-22(14-12-20)28-21-8-4-3-5-9-21/h3-14,17-18H,15-16H2,1-2H3,(H,25,26). The lowest BCUT2D eigenvalue weighted by Crippen LogP contribution is -2.12. The summed E-state index contributed by atoms with van der Waals surface area (Å²) in [4.78, 5) is 12.5. The molecule has 0 saturated carbocycles. The Hall–Kier alpha value is -3.27. The van der Waals surface area contributed by atoms with Gasteiger partial charge in [0.1, 0.15) is 17.2 Å². The smallest absolute Gasteiger partial charge is 0.255 e. The lowest BCUT2D eigenvalue weighted by Gasteiger charge is -2.10. The van der Waals surface area contributed by atoms with E-state index < -0.39 is 0 Å². The van der Waals surface area contributed by atoms with Gasteiger partial charge in [0.15, 0.2) is 0 Å². The number of ether oxygens (including phenoxy) is 2. The molecule has 0 atom stereocenters. The van der Waals surface area contributed by atoms with E-state index >= 15 is 0 Å². The predicted molar refractivity (Wildman–Crippen MR) is 112 cm³/mol. The second-order valence-electron chi connectivity index (χ2n) is 6.95. The summed E-state index contributed by atoms with van der Waals surface area (Å²) in [6, 6.07) is 24.1. The van der Waals surface area contributed by atoms with Gasteiger partial charge in [0, 0.05) is 11.3 Å². The first-order chi connectivity index (χ1) is 13.6. The van der Waals surface area contributed by atoms with Crippen LogP contribution in [0.2, 0.25) is 0 Å². The van der Waals surface area contributed by atoms with E-state index in [-0.39, 0.29) is 5.91 Å². The number of hydrogen-bond donors (Lipinski definition) is 1. The second-order valence-corrected chi connectivity index (χ2v) is 6.95. The largest absolute Gasteiger partial charge is 0.494 e. The van der Waals surface area contributed by atoms with Crippen LogP contribution in [0.3, 0.4) is 0 Å². The molecule has 4 nitrogen and oxygen atoms in total. The number of carbonyl (C=O) groups excluding carboxylic acids is 1. The van der Waals surface area contributed by atoms with E-state index in [0.29, 0.717) is 35.3 Å². The maximum absolute atomic E-state index is 12.5. The minimum Gasteiger partial charge on any atom is -0.494 e. The Labute approximate surface area is 166 Å². The Bertz CT molecular complexity index is 889. The van der Waals surface area contributed by atoms with Crippen LogP contribution in [0, 0.1) is 5.92 Å². The van der Waals surface area contributed by atoms with Crippen molar-refractivity contribution in [1.29, 1.82) is 0 Å². The molecular formula is C24H25NO3. The SMILES string of the molecule is CC(C)CCOc1cccc(C(=O)Nc2ccc(Oc3ccccc3)cc2)c1. The summed E-state index contributed by atoms with van der Waals surface area (Å²) in [5.41, 5.74) is 1.27. The molecule has 0 fully saturated rings. The number of carbonyl (C=O) groups is 1. The third-order valence-corrected chi connectivity index (χ3v) is 4.15. The van der Waals surface area contributed by atoms with Crippen molar-refractivity contribution >= 4 is 11.6 Å². The highest BCUT2D eigenvalue weighted by Crippen LogP contribution is 2.23. The third kappa shape index (κ3) is 5.88. The molecule has 0 radical (unpaired) electrons. The van der Waals surface area contributed by atoms with Crippen LogP contribution in [0.25, 0.3) is 0 Å². The molecule has 3 aromatic rings. The zero-order valence-electron chi connectivity index (χ0n) is 16.2. The van der Waals surface area contributed by atoms with Gasteiger partial charge < -0.3 is 14.8 Å². The molecule has 0 spiro atoms. The van der Waals surface area contributed by atoms with Gasteiger partial charge in [-0.1, -0.05) is 38.1 Å². The highest BCUT2D eigenvalue weighted by Gasteiger charge is 2.08. The van der Waals surface area contributed by atoms with Crippen molar-refractivity contribution in [2.75, 3.05) is 11.9 Å². The third-order valence-electron chi connectivity index (χ3n) is 4.15. The van der Waals surface area contributed by atoms with Gasteiger partial charge in [-0.3, -0.25) is 4.79 Å². The fourth-order valence-corrected chi connectivity index (χ4v) is 2.57. The molecule has 28 heavy (non-hydrogen) atoms. The molecule has 3 rings (SSSR count). The van der Waals surface area contributed by atoms with Crippen LogP contribution >= 0.6 is 0 Å². The lowest BCUT2D eigenvalue weighted by atomic mass is 10.1. The van der Waals surface area contributed by atoms with Crippen molar-refractivity contribution in [1.82, 2.24) is 0 Å². The molecule has 0 saturated heterocycles. The van der Waals surface area contributed by atoms with E-state index in [1.165, 1.54) is 0 Å². The molecule has 0 aliphatic rings. The summed E-state index contributed by atoms with van der Waals surface area (Å²) in [6.45, 7) is 4.96. The van der Waals surface area contributed by atoms with Gasteiger partial charge in [-0.2, -0.15) is 0 Å². The summed E-state index contributed by atoms with van der Waals surface area (Å²) in [5, 5.41) is 2.90. The van der Waals surface area contributed by atoms with Gasteiger partial charge in [0.2, 0.25) is 0 Å². The van der Waals surface area contributed by atoms with Gasteiger partial charge in [-0.15, -0.1) is 0 Å². The van der Waals surface area contributed by atoms with Crippen LogP contribution < -0.4 is 14.8 Å². The summed E-state index contributed by atoms with van der Waals surface area (Å²) >= 11 is 0. The zero-order chi connectivity index (χ0) is 19.8. The molecule has 0 aliphatic carbocycles. The molecule has 0 bridgehead atoms. The van der Waals surface area contributed by atoms with Crippen LogP contribution in [0.15, 0.2) is 78.9 Å². The Morgan fingerprint density at radius 1 is 0.857 bits per heavy atom. The molecule has 0 unspecified atom stereocenters. The first-order valence-corrected chi connectivity index (χ1v) is 9.47. The molecule has 144 valence electrons. The number of hydrogen-bond acceptors (Lipinski definition) is 3. The van der Waals surface area contributed by atoms with E-state index in [1.54, 1.807) is 12.1 Å². The minimum absolute atomic E-state index is 0.175. The molecule has 3 aromatic carbocycles. The lowest BCUT2D eigenvalue weighted by molar-refractivity contribution is 0.102. The molecule has 0 aliphatic heterocycles. The molecule has 1 N–H and O–H groups in total. The van der Waals surface area contributed by atoms with Crippen molar-refractivity contribution in [3.05, 3.63) is 84.4 Å². The Morgan fingerprint density at radius 2 is 1.54 bits per heavy atom. The summed E-state index contributed by atoms with van der Waals surface area (Å²) in [6.07, 6.45) is 0.980. The van der Waals surface area contributed by atoms with Crippen molar-refractivity contribution in [2.45, 2.75) is 20.3 Å². The van der Waals surface area contributed by atoms with Gasteiger partial charge in [-0.05, 0) is 66.9 Å². The van der Waals surface area contributed by atoms with Crippen molar-refractivity contribution in [3.63, 3.8) is 0 Å². The summed E-state index contributed by atoms with van der Waals surface area (Å²) < 4.78 is 11.5. The van der Waals surface area contributed by atoms with Crippen LogP contribution in [0.5, 0.6) is 17.2 Å². The first-order valence-electron chi connectivity index (χ1n) is 9.47. The fourth-order valence-electron chi connectivity index (χ4n) is 2.57. The van der Waals surface area contributed by atoms with Gasteiger partial charge in [0.05, 0.1) is 6.61 Å². The minimum atomic E-state index is -0.175. The first kappa shape index (κ1) is 19.5. The molecule has 0 heterocycles. The van der Waals surface area contributed by atoms with Gasteiger partial charge >= 0.3 is 0 Å². The van der Waals surface area contributed by atoms with E-state index in [9.17, 15) is 4.79 Å². The monoisotopic (exact) mass is 375 g/mol. The Morgan fingerprint density at radius 3 is 2.25 bits per heavy atom. The highest BCUT2D eigenvalue weighted by atomic mass is 16.5. The van der Waals surface area contributed by atoms with Gasteiger partial charge in [-0.25, -0.2) is 0 Å². The number of benzene rings is 3. The topological polar surface area (TPSA) is 47.6 Å². The normalized spacial score (nSPS) is 10.5. The Balaban J connectivity index is 1.58. The second kappa shape index (κ2) is 9.60. The maximum atomic E-state index is 12.5. The summed E-state index contributed by atoms with van der Waals surface area (Å²) in [7, 11) is 0. The number of amides is 1.